The van der Waals surface area contributed by atoms with Crippen LogP contribution in [0.5, 0.6) is 0 Å². The van der Waals surface area contributed by atoms with Gasteiger partial charge >= 0.3 is 20.5 Å². The van der Waals surface area contributed by atoms with Crippen molar-refractivity contribution in [2.24, 2.45) is 5.92 Å². The maximum atomic E-state index is 10.8. The lowest BCUT2D eigenvalue weighted by Gasteiger charge is -2.23. The predicted molar refractivity (Wildman–Crippen MR) is 58.4 cm³/mol. The molecule has 16 heavy (non-hydrogen) atoms. The van der Waals surface area contributed by atoms with Crippen LogP contribution in [0.3, 0.4) is 0 Å². The van der Waals surface area contributed by atoms with E-state index in [1.54, 1.807) is 0 Å². The molecule has 6 nitrogen and oxygen atoms in total. The molecule has 0 aliphatic heterocycles. The Morgan fingerprint density at radius 3 is 2.06 bits per heavy atom. The highest BCUT2D eigenvalue weighted by atomic mass is 28.4. The van der Waals surface area contributed by atoms with E-state index in [2.05, 4.69) is 0 Å². The van der Waals surface area contributed by atoms with Crippen molar-refractivity contribution >= 4 is 20.5 Å². The molecule has 0 amide bonds. The molecule has 0 aliphatic carbocycles. The van der Waals surface area contributed by atoms with Crippen molar-refractivity contribution < 1.29 is 28.7 Å². The first-order valence-corrected chi connectivity index (χ1v) is 7.42. The minimum Gasteiger partial charge on any atom is -0.481 e. The zero-order valence-electron chi connectivity index (χ0n) is 9.73. The van der Waals surface area contributed by atoms with Gasteiger partial charge in [0.25, 0.3) is 0 Å². The van der Waals surface area contributed by atoms with Gasteiger partial charge in [-0.25, -0.2) is 0 Å². The SMILES string of the molecule is CO[Si](C)(CCC(CC(=O)O)C(=O)O)OC. The Hall–Kier alpha value is -0.923. The van der Waals surface area contributed by atoms with E-state index in [0.29, 0.717) is 6.04 Å². The quantitative estimate of drug-likeness (QED) is 0.622. The Labute approximate surface area is 95.4 Å². The summed E-state index contributed by atoms with van der Waals surface area (Å²) < 4.78 is 10.4. The molecule has 0 fully saturated rings. The van der Waals surface area contributed by atoms with E-state index >= 15 is 0 Å². The maximum absolute atomic E-state index is 10.8. The van der Waals surface area contributed by atoms with Gasteiger partial charge in [0.2, 0.25) is 0 Å². The van der Waals surface area contributed by atoms with Crippen molar-refractivity contribution in [2.75, 3.05) is 14.2 Å². The molecule has 0 heterocycles. The smallest absolute Gasteiger partial charge is 0.334 e. The Morgan fingerprint density at radius 1 is 1.25 bits per heavy atom. The van der Waals surface area contributed by atoms with Crippen LogP contribution in [-0.2, 0) is 18.4 Å². The first kappa shape index (κ1) is 15.1. The summed E-state index contributed by atoms with van der Waals surface area (Å²) in [5, 5.41) is 17.4. The van der Waals surface area contributed by atoms with E-state index in [1.807, 2.05) is 6.55 Å². The van der Waals surface area contributed by atoms with Crippen molar-refractivity contribution in [1.29, 1.82) is 0 Å². The average molecular weight is 250 g/mol. The van der Waals surface area contributed by atoms with Crippen molar-refractivity contribution in [3.8, 4) is 0 Å². The van der Waals surface area contributed by atoms with E-state index in [9.17, 15) is 9.59 Å². The summed E-state index contributed by atoms with van der Waals surface area (Å²) in [5.41, 5.74) is 0. The summed E-state index contributed by atoms with van der Waals surface area (Å²) in [6.45, 7) is 1.81. The molecule has 0 saturated carbocycles. The van der Waals surface area contributed by atoms with Crippen LogP contribution in [0.15, 0.2) is 0 Å². The van der Waals surface area contributed by atoms with Gasteiger partial charge in [-0.05, 0) is 19.0 Å². The molecule has 0 saturated heterocycles. The highest BCUT2D eigenvalue weighted by Gasteiger charge is 2.32. The highest BCUT2D eigenvalue weighted by Crippen LogP contribution is 2.20. The Morgan fingerprint density at radius 2 is 1.75 bits per heavy atom. The highest BCUT2D eigenvalue weighted by molar-refractivity contribution is 6.65. The van der Waals surface area contributed by atoms with Gasteiger partial charge in [-0.2, -0.15) is 0 Å². The van der Waals surface area contributed by atoms with Crippen LogP contribution in [0.25, 0.3) is 0 Å². The fourth-order valence-corrected chi connectivity index (χ4v) is 2.70. The minimum atomic E-state index is -2.31. The summed E-state index contributed by atoms with van der Waals surface area (Å²) >= 11 is 0. The third-order valence-electron chi connectivity index (χ3n) is 2.58. The first-order chi connectivity index (χ1) is 7.34. The molecule has 0 aromatic rings. The molecule has 0 aliphatic rings. The Bertz CT molecular complexity index is 250. The molecule has 94 valence electrons. The van der Waals surface area contributed by atoms with Gasteiger partial charge in [0.15, 0.2) is 0 Å². The largest absolute Gasteiger partial charge is 0.481 e. The van der Waals surface area contributed by atoms with Gasteiger partial charge in [0.05, 0.1) is 12.3 Å². The molecule has 0 aromatic heterocycles. The molecular weight excluding hydrogens is 232 g/mol. The van der Waals surface area contributed by atoms with E-state index in [1.165, 1.54) is 14.2 Å². The molecule has 0 radical (unpaired) electrons. The second-order valence-electron chi connectivity index (χ2n) is 3.71. The van der Waals surface area contributed by atoms with E-state index in [-0.39, 0.29) is 12.8 Å². The zero-order chi connectivity index (χ0) is 12.8. The van der Waals surface area contributed by atoms with Crippen molar-refractivity contribution in [2.45, 2.75) is 25.4 Å². The average Bonchev–Trinajstić information content (AvgIpc) is 2.23. The third kappa shape index (κ3) is 5.24. The van der Waals surface area contributed by atoms with Gasteiger partial charge in [0.1, 0.15) is 0 Å². The van der Waals surface area contributed by atoms with E-state index < -0.39 is 26.4 Å². The number of rotatable bonds is 8. The molecule has 1 unspecified atom stereocenters. The second kappa shape index (κ2) is 6.61. The lowest BCUT2D eigenvalue weighted by atomic mass is 10.0. The van der Waals surface area contributed by atoms with Gasteiger partial charge in [0, 0.05) is 14.2 Å². The lowest BCUT2D eigenvalue weighted by molar-refractivity contribution is -0.148. The van der Waals surface area contributed by atoms with Crippen LogP contribution in [0.4, 0.5) is 0 Å². The fourth-order valence-electron chi connectivity index (χ4n) is 1.25. The molecule has 0 spiro atoms. The van der Waals surface area contributed by atoms with Crippen molar-refractivity contribution in [1.82, 2.24) is 0 Å². The maximum Gasteiger partial charge on any atom is 0.334 e. The first-order valence-electron chi connectivity index (χ1n) is 4.89. The lowest BCUT2D eigenvalue weighted by Crippen LogP contribution is -2.37. The normalized spacial score (nSPS) is 13.4. The number of aliphatic carboxylic acids is 2. The molecule has 0 rings (SSSR count). The van der Waals surface area contributed by atoms with Crippen LogP contribution < -0.4 is 0 Å². The third-order valence-corrected chi connectivity index (χ3v) is 5.50. The number of carbonyl (C=O) groups is 2. The monoisotopic (exact) mass is 250 g/mol. The van der Waals surface area contributed by atoms with Crippen LogP contribution in [0.2, 0.25) is 12.6 Å². The van der Waals surface area contributed by atoms with E-state index in [0.717, 1.165) is 0 Å². The second-order valence-corrected chi connectivity index (χ2v) is 7.30. The molecule has 2 N–H and O–H groups in total. The van der Waals surface area contributed by atoms with Gasteiger partial charge in [-0.1, -0.05) is 0 Å². The zero-order valence-corrected chi connectivity index (χ0v) is 10.7. The summed E-state index contributed by atoms with van der Waals surface area (Å²) in [6.07, 6.45) is -0.112. The summed E-state index contributed by atoms with van der Waals surface area (Å²) in [6, 6.07) is 0.463. The number of carboxylic acids is 2. The van der Waals surface area contributed by atoms with Gasteiger partial charge in [-0.3, -0.25) is 9.59 Å². The topological polar surface area (TPSA) is 93.1 Å². The number of carboxylic acid groups (broad SMARTS) is 2. The van der Waals surface area contributed by atoms with Crippen LogP contribution in [0.1, 0.15) is 12.8 Å². The molecule has 0 bridgehead atoms. The summed E-state index contributed by atoms with van der Waals surface area (Å²) in [7, 11) is 0.720. The number of hydrogen-bond donors (Lipinski definition) is 2. The molecule has 1 atom stereocenters. The van der Waals surface area contributed by atoms with Gasteiger partial charge < -0.3 is 19.1 Å². The van der Waals surface area contributed by atoms with Crippen molar-refractivity contribution in [3.63, 3.8) is 0 Å². The minimum absolute atomic E-state index is 0.256. The predicted octanol–water partition coefficient (Wildman–Crippen LogP) is 0.917. The standard InChI is InChI=1S/C9H18O6Si/c1-14-16(3,15-2)5-4-7(9(12)13)6-8(10)11/h7H,4-6H2,1-3H3,(H,10,11)(H,12,13). The van der Waals surface area contributed by atoms with Crippen LogP contribution in [0, 0.1) is 5.92 Å². The molecular formula is C9H18O6Si. The Kier molecular flexibility index (Phi) is 6.23. The van der Waals surface area contributed by atoms with E-state index in [4.69, 9.17) is 19.1 Å². The fraction of sp³-hybridized carbons (Fsp3) is 0.778. The van der Waals surface area contributed by atoms with Crippen LogP contribution in [-0.4, -0.2) is 44.9 Å². The van der Waals surface area contributed by atoms with Gasteiger partial charge in [-0.15, -0.1) is 0 Å². The molecule has 7 heteroatoms. The van der Waals surface area contributed by atoms with Crippen LogP contribution >= 0.6 is 0 Å². The number of hydrogen-bond acceptors (Lipinski definition) is 4. The Balaban J connectivity index is 4.31. The molecule has 0 aromatic carbocycles. The van der Waals surface area contributed by atoms with Crippen molar-refractivity contribution in [3.05, 3.63) is 0 Å². The summed E-state index contributed by atoms with van der Waals surface area (Å²) in [4.78, 5) is 21.3. The summed E-state index contributed by atoms with van der Waals surface area (Å²) in [5.74, 6) is -3.08.